The lowest BCUT2D eigenvalue weighted by atomic mass is 9.78. The van der Waals surface area contributed by atoms with E-state index >= 15 is 0 Å². The molecular weight excluding hydrogens is 214 g/mol. The molecule has 1 amide bonds. The third-order valence-corrected chi connectivity index (χ3v) is 3.73. The summed E-state index contributed by atoms with van der Waals surface area (Å²) < 4.78 is 0. The summed E-state index contributed by atoms with van der Waals surface area (Å²) in [7, 11) is 0. The monoisotopic (exact) mass is 239 g/mol. The van der Waals surface area contributed by atoms with Crippen molar-refractivity contribution < 1.29 is 9.90 Å². The van der Waals surface area contributed by atoms with Gasteiger partial charge in [0, 0.05) is 18.7 Å². The molecule has 1 aliphatic rings. The normalized spacial score (nSPS) is 18.7. The quantitative estimate of drug-likeness (QED) is 0.698. The van der Waals surface area contributed by atoms with Gasteiger partial charge in [-0.15, -0.1) is 0 Å². The Morgan fingerprint density at radius 2 is 2.06 bits per heavy atom. The maximum atomic E-state index is 11.5. The van der Waals surface area contributed by atoms with Crippen molar-refractivity contribution in [3.05, 3.63) is 12.2 Å². The van der Waals surface area contributed by atoms with Gasteiger partial charge in [-0.1, -0.05) is 38.7 Å². The molecule has 0 aromatic carbocycles. The lowest BCUT2D eigenvalue weighted by Gasteiger charge is -2.30. The average molecular weight is 239 g/mol. The van der Waals surface area contributed by atoms with E-state index in [2.05, 4.69) is 11.9 Å². The van der Waals surface area contributed by atoms with Crippen molar-refractivity contribution in [3.63, 3.8) is 0 Å². The van der Waals surface area contributed by atoms with Gasteiger partial charge in [0.2, 0.25) is 5.91 Å². The summed E-state index contributed by atoms with van der Waals surface area (Å²) in [5.41, 5.74) is 0.552. The molecule has 17 heavy (non-hydrogen) atoms. The fourth-order valence-electron chi connectivity index (χ4n) is 2.65. The van der Waals surface area contributed by atoms with E-state index < -0.39 is 0 Å². The van der Waals surface area contributed by atoms with Crippen molar-refractivity contribution in [2.45, 2.75) is 45.4 Å². The van der Waals surface area contributed by atoms with Crippen LogP contribution in [-0.4, -0.2) is 24.2 Å². The highest BCUT2D eigenvalue weighted by molar-refractivity contribution is 5.92. The minimum atomic E-state index is -0.0660. The number of hydrogen-bond donors (Lipinski definition) is 2. The summed E-state index contributed by atoms with van der Waals surface area (Å²) >= 11 is 0. The van der Waals surface area contributed by atoms with Crippen LogP contribution in [0.15, 0.2) is 12.2 Å². The zero-order chi connectivity index (χ0) is 12.7. The number of nitrogens with one attached hydrogen (secondary N) is 1. The van der Waals surface area contributed by atoms with Gasteiger partial charge in [0.1, 0.15) is 0 Å². The molecule has 1 rings (SSSR count). The molecule has 0 spiro atoms. The van der Waals surface area contributed by atoms with Crippen LogP contribution in [0.3, 0.4) is 0 Å². The largest absolute Gasteiger partial charge is 0.396 e. The minimum Gasteiger partial charge on any atom is -0.396 e. The Morgan fingerprint density at radius 3 is 2.59 bits per heavy atom. The lowest BCUT2D eigenvalue weighted by molar-refractivity contribution is -0.117. The van der Waals surface area contributed by atoms with Crippen molar-refractivity contribution in [3.8, 4) is 0 Å². The van der Waals surface area contributed by atoms with Gasteiger partial charge >= 0.3 is 0 Å². The molecule has 0 aromatic heterocycles. The molecule has 0 bridgehead atoms. The number of rotatable bonds is 6. The number of carbonyl (C=O) groups is 1. The van der Waals surface area contributed by atoms with Crippen molar-refractivity contribution in [1.82, 2.24) is 5.32 Å². The molecule has 1 unspecified atom stereocenters. The van der Waals surface area contributed by atoms with Crippen LogP contribution in [0.1, 0.15) is 45.4 Å². The summed E-state index contributed by atoms with van der Waals surface area (Å²) in [6.45, 7) is 6.24. The average Bonchev–Trinajstić information content (AvgIpc) is 2.35. The van der Waals surface area contributed by atoms with E-state index in [9.17, 15) is 4.79 Å². The molecule has 1 aliphatic carbocycles. The van der Waals surface area contributed by atoms with Crippen LogP contribution >= 0.6 is 0 Å². The molecule has 1 fully saturated rings. The molecule has 3 nitrogen and oxygen atoms in total. The van der Waals surface area contributed by atoms with E-state index in [1.54, 1.807) is 6.92 Å². The van der Waals surface area contributed by atoms with E-state index in [1.165, 1.54) is 32.1 Å². The number of carbonyl (C=O) groups excluding carboxylic acids is 1. The smallest absolute Gasteiger partial charge is 0.246 e. The Morgan fingerprint density at radius 1 is 1.41 bits per heavy atom. The van der Waals surface area contributed by atoms with E-state index in [4.69, 9.17) is 5.11 Å². The van der Waals surface area contributed by atoms with Crippen LogP contribution < -0.4 is 5.32 Å². The fraction of sp³-hybridized carbons (Fsp3) is 0.786. The first-order chi connectivity index (χ1) is 8.15. The van der Waals surface area contributed by atoms with E-state index in [0.29, 0.717) is 24.0 Å². The van der Waals surface area contributed by atoms with Crippen molar-refractivity contribution in [2.75, 3.05) is 13.2 Å². The standard InChI is InChI=1S/C14H25NO2/c1-11(2)14(17)15-10-13(8-9-16)12-6-4-3-5-7-12/h12-13,16H,1,3-10H2,2H3,(H,15,17). The Balaban J connectivity index is 2.41. The number of amides is 1. The third-order valence-electron chi connectivity index (χ3n) is 3.73. The van der Waals surface area contributed by atoms with Gasteiger partial charge in [0.25, 0.3) is 0 Å². The molecule has 0 saturated heterocycles. The number of aliphatic hydroxyl groups excluding tert-OH is 1. The van der Waals surface area contributed by atoms with Crippen molar-refractivity contribution in [1.29, 1.82) is 0 Å². The molecule has 0 aromatic rings. The minimum absolute atomic E-state index is 0.0660. The predicted molar refractivity (Wildman–Crippen MR) is 69.6 cm³/mol. The Kier molecular flexibility index (Phi) is 6.27. The Labute approximate surface area is 104 Å². The predicted octanol–water partition coefficient (Wildman–Crippen LogP) is 2.26. The first-order valence-electron chi connectivity index (χ1n) is 6.69. The third kappa shape index (κ3) is 4.90. The summed E-state index contributed by atoms with van der Waals surface area (Å²) in [5.74, 6) is 1.02. The molecule has 1 saturated carbocycles. The Bertz CT molecular complexity index is 257. The second-order valence-corrected chi connectivity index (χ2v) is 5.16. The van der Waals surface area contributed by atoms with Crippen molar-refractivity contribution in [2.24, 2.45) is 11.8 Å². The van der Waals surface area contributed by atoms with Gasteiger partial charge in [0.15, 0.2) is 0 Å². The first kappa shape index (κ1) is 14.2. The molecule has 0 radical (unpaired) electrons. The molecule has 0 heterocycles. The van der Waals surface area contributed by atoms with Gasteiger partial charge in [-0.05, 0) is 25.2 Å². The highest BCUT2D eigenvalue weighted by Gasteiger charge is 2.23. The first-order valence-corrected chi connectivity index (χ1v) is 6.69. The highest BCUT2D eigenvalue weighted by atomic mass is 16.3. The molecule has 0 aliphatic heterocycles. The zero-order valence-corrected chi connectivity index (χ0v) is 10.9. The highest BCUT2D eigenvalue weighted by Crippen LogP contribution is 2.31. The number of hydrogen-bond acceptors (Lipinski definition) is 2. The van der Waals surface area contributed by atoms with Crippen LogP contribution in [0.5, 0.6) is 0 Å². The van der Waals surface area contributed by atoms with Crippen LogP contribution in [0, 0.1) is 11.8 Å². The van der Waals surface area contributed by atoms with Crippen molar-refractivity contribution >= 4 is 5.91 Å². The van der Waals surface area contributed by atoms with Gasteiger partial charge in [-0.3, -0.25) is 4.79 Å². The zero-order valence-electron chi connectivity index (χ0n) is 10.9. The topological polar surface area (TPSA) is 49.3 Å². The SMILES string of the molecule is C=C(C)C(=O)NCC(CCO)C1CCCCC1. The molecular formula is C14H25NO2. The van der Waals surface area contributed by atoms with Crippen LogP contribution in [-0.2, 0) is 4.79 Å². The molecule has 98 valence electrons. The van der Waals surface area contributed by atoms with Crippen LogP contribution in [0.2, 0.25) is 0 Å². The Hall–Kier alpha value is -0.830. The van der Waals surface area contributed by atoms with Crippen LogP contribution in [0.4, 0.5) is 0 Å². The molecule has 1 atom stereocenters. The van der Waals surface area contributed by atoms with Gasteiger partial charge in [0.05, 0.1) is 0 Å². The summed E-state index contributed by atoms with van der Waals surface area (Å²) in [5, 5.41) is 12.0. The van der Waals surface area contributed by atoms with Gasteiger partial charge < -0.3 is 10.4 Å². The lowest BCUT2D eigenvalue weighted by Crippen LogP contribution is -2.34. The van der Waals surface area contributed by atoms with Crippen LogP contribution in [0.25, 0.3) is 0 Å². The molecule has 3 heteroatoms. The maximum Gasteiger partial charge on any atom is 0.246 e. The fourth-order valence-corrected chi connectivity index (χ4v) is 2.65. The second kappa shape index (κ2) is 7.49. The van der Waals surface area contributed by atoms with Gasteiger partial charge in [-0.2, -0.15) is 0 Å². The van der Waals surface area contributed by atoms with E-state index in [-0.39, 0.29) is 12.5 Å². The van der Waals surface area contributed by atoms with E-state index in [1.807, 2.05) is 0 Å². The number of aliphatic hydroxyl groups is 1. The summed E-state index contributed by atoms with van der Waals surface area (Å²) in [4.78, 5) is 11.5. The second-order valence-electron chi connectivity index (χ2n) is 5.16. The van der Waals surface area contributed by atoms with E-state index in [0.717, 1.165) is 6.42 Å². The molecule has 2 N–H and O–H groups in total. The maximum absolute atomic E-state index is 11.5. The summed E-state index contributed by atoms with van der Waals surface area (Å²) in [6.07, 6.45) is 7.20. The van der Waals surface area contributed by atoms with Gasteiger partial charge in [-0.25, -0.2) is 0 Å². The summed E-state index contributed by atoms with van der Waals surface area (Å²) in [6, 6.07) is 0.